The topological polar surface area (TPSA) is 50.1 Å². The number of nitrogens with zero attached hydrogens (tertiary/aromatic N) is 2. The Balaban J connectivity index is 0.00000132. The number of rotatable bonds is 3. The van der Waals surface area contributed by atoms with Crippen molar-refractivity contribution in [3.63, 3.8) is 0 Å². The molecule has 3 rings (SSSR count). The first-order valence-electron chi connectivity index (χ1n) is 7.67. The van der Waals surface area contributed by atoms with Gasteiger partial charge in [0.15, 0.2) is 0 Å². The van der Waals surface area contributed by atoms with Crippen LogP contribution in [0.15, 0.2) is 30.4 Å². The second-order valence-corrected chi connectivity index (χ2v) is 5.91. The molecule has 2 atom stereocenters. The molecule has 2 aromatic rings. The average molecular weight is 358 g/mol. The van der Waals surface area contributed by atoms with Crippen LogP contribution in [0.4, 0.5) is 0 Å². The first kappa shape index (κ1) is 20.0. The fourth-order valence-electron chi connectivity index (χ4n) is 2.99. The summed E-state index contributed by atoms with van der Waals surface area (Å²) >= 11 is 0. The highest BCUT2D eigenvalue weighted by Gasteiger charge is 2.19. The molecule has 0 unspecified atom stereocenters. The molecule has 2 heterocycles. The van der Waals surface area contributed by atoms with Gasteiger partial charge >= 0.3 is 0 Å². The summed E-state index contributed by atoms with van der Waals surface area (Å²) in [6, 6.07) is 6.51. The molecule has 1 saturated heterocycles. The summed E-state index contributed by atoms with van der Waals surface area (Å²) in [5.74, 6) is 0. The molecular formula is C17H25Cl2N3O. The summed E-state index contributed by atoms with van der Waals surface area (Å²) in [5, 5.41) is 19.1. The average Bonchev–Trinajstić information content (AvgIpc) is 2.77. The van der Waals surface area contributed by atoms with Crippen LogP contribution in [0.2, 0.25) is 0 Å². The first-order chi connectivity index (χ1) is 10.1. The van der Waals surface area contributed by atoms with Crippen molar-refractivity contribution in [2.75, 3.05) is 6.54 Å². The third-order valence-electron chi connectivity index (χ3n) is 4.18. The van der Waals surface area contributed by atoms with Gasteiger partial charge in [-0.1, -0.05) is 23.8 Å². The molecule has 1 aromatic carbocycles. The van der Waals surface area contributed by atoms with Crippen LogP contribution in [0, 0.1) is 13.8 Å². The predicted molar refractivity (Wildman–Crippen MR) is 99.9 cm³/mol. The molecule has 128 valence electrons. The van der Waals surface area contributed by atoms with E-state index in [1.807, 2.05) is 4.68 Å². The highest BCUT2D eigenvalue weighted by atomic mass is 35.5. The lowest BCUT2D eigenvalue weighted by Gasteiger charge is -2.26. The number of piperidine rings is 1. The number of aryl methyl sites for hydroxylation is 2. The Hall–Kier alpha value is -1.07. The van der Waals surface area contributed by atoms with Crippen LogP contribution in [0.5, 0.6) is 0 Å². The van der Waals surface area contributed by atoms with Gasteiger partial charge in [-0.2, -0.15) is 5.10 Å². The van der Waals surface area contributed by atoms with Crippen LogP contribution >= 0.6 is 24.8 Å². The minimum absolute atomic E-state index is 0. The summed E-state index contributed by atoms with van der Waals surface area (Å²) in [6.07, 6.45) is 5.83. The quantitative estimate of drug-likeness (QED) is 0.829. The van der Waals surface area contributed by atoms with Crippen LogP contribution in [0.25, 0.3) is 10.9 Å². The third-order valence-corrected chi connectivity index (χ3v) is 4.18. The lowest BCUT2D eigenvalue weighted by molar-refractivity contribution is 0.115. The summed E-state index contributed by atoms with van der Waals surface area (Å²) in [5.41, 5.74) is 3.49. The van der Waals surface area contributed by atoms with Gasteiger partial charge in [0.05, 0.1) is 29.9 Å². The van der Waals surface area contributed by atoms with E-state index < -0.39 is 0 Å². The zero-order chi connectivity index (χ0) is 14.8. The Kier molecular flexibility index (Phi) is 7.55. The van der Waals surface area contributed by atoms with Gasteiger partial charge in [-0.25, -0.2) is 0 Å². The molecular weight excluding hydrogens is 333 g/mol. The minimum Gasteiger partial charge on any atom is -0.391 e. The second-order valence-electron chi connectivity index (χ2n) is 5.91. The van der Waals surface area contributed by atoms with E-state index in [-0.39, 0.29) is 37.0 Å². The molecule has 0 aliphatic carbocycles. The van der Waals surface area contributed by atoms with Gasteiger partial charge in [0.2, 0.25) is 0 Å². The molecule has 0 saturated carbocycles. The number of fused-ring (bicyclic) bond motifs is 1. The second kappa shape index (κ2) is 8.69. The third kappa shape index (κ3) is 4.48. The molecule has 1 aliphatic heterocycles. The summed E-state index contributed by atoms with van der Waals surface area (Å²) < 4.78 is 2.02. The number of aliphatic hydroxyl groups is 1. The van der Waals surface area contributed by atoms with Gasteiger partial charge in [-0.15, -0.1) is 24.8 Å². The Labute approximate surface area is 149 Å². The molecule has 1 fully saturated rings. The Morgan fingerprint density at radius 3 is 2.87 bits per heavy atom. The summed E-state index contributed by atoms with van der Waals surface area (Å²) in [6.45, 7) is 5.87. The summed E-state index contributed by atoms with van der Waals surface area (Å²) in [4.78, 5) is 0. The van der Waals surface area contributed by atoms with Gasteiger partial charge in [0, 0.05) is 5.39 Å². The zero-order valence-electron chi connectivity index (χ0n) is 13.5. The smallest absolute Gasteiger partial charge is 0.0729 e. The van der Waals surface area contributed by atoms with Crippen LogP contribution in [-0.4, -0.2) is 33.6 Å². The normalized spacial score (nSPS) is 21.2. The van der Waals surface area contributed by atoms with E-state index in [9.17, 15) is 5.11 Å². The fraction of sp³-hybridized carbons (Fsp3) is 0.471. The van der Waals surface area contributed by atoms with E-state index in [2.05, 4.69) is 54.6 Å². The van der Waals surface area contributed by atoms with Crippen LogP contribution in [-0.2, 0) is 6.54 Å². The van der Waals surface area contributed by atoms with Crippen molar-refractivity contribution in [2.24, 2.45) is 0 Å². The number of aromatic nitrogens is 2. The molecule has 2 N–H and O–H groups in total. The van der Waals surface area contributed by atoms with E-state index in [4.69, 9.17) is 0 Å². The van der Waals surface area contributed by atoms with Gasteiger partial charge in [-0.3, -0.25) is 4.68 Å². The Morgan fingerprint density at radius 1 is 1.35 bits per heavy atom. The van der Waals surface area contributed by atoms with E-state index in [0.29, 0.717) is 0 Å². The highest BCUT2D eigenvalue weighted by Crippen LogP contribution is 2.19. The number of nitrogens with one attached hydrogen (secondary N) is 1. The zero-order valence-corrected chi connectivity index (χ0v) is 15.2. The molecule has 1 aliphatic rings. The number of allylic oxidation sites excluding steroid dienone is 1. The van der Waals surface area contributed by atoms with Crippen LogP contribution in [0.1, 0.15) is 24.1 Å². The SMILES string of the molecule is Cc1ccc2c(c1)c(C)nn2C/C=C/[C@H]1NCCC[C@@H]1O.Cl.Cl. The largest absolute Gasteiger partial charge is 0.391 e. The minimum atomic E-state index is -0.270. The molecule has 6 heteroatoms. The maximum Gasteiger partial charge on any atom is 0.0729 e. The lowest BCUT2D eigenvalue weighted by Crippen LogP contribution is -2.43. The molecule has 1 aromatic heterocycles. The van der Waals surface area contributed by atoms with Crippen molar-refractivity contribution in [2.45, 2.75) is 45.4 Å². The number of benzene rings is 1. The lowest BCUT2D eigenvalue weighted by atomic mass is 10.0. The Bertz CT molecular complexity index is 669. The molecule has 4 nitrogen and oxygen atoms in total. The van der Waals surface area contributed by atoms with Gasteiger partial charge in [-0.05, 0) is 45.4 Å². The number of hydrogen-bond acceptors (Lipinski definition) is 3. The monoisotopic (exact) mass is 357 g/mol. The van der Waals surface area contributed by atoms with Crippen LogP contribution in [0.3, 0.4) is 0 Å². The molecule has 23 heavy (non-hydrogen) atoms. The molecule has 0 spiro atoms. The van der Waals surface area contributed by atoms with Crippen molar-refractivity contribution in [1.29, 1.82) is 0 Å². The van der Waals surface area contributed by atoms with Crippen LogP contribution < -0.4 is 5.32 Å². The highest BCUT2D eigenvalue weighted by molar-refractivity contribution is 5.85. The van der Waals surface area contributed by atoms with E-state index >= 15 is 0 Å². The molecule has 0 bridgehead atoms. The van der Waals surface area contributed by atoms with Gasteiger partial charge < -0.3 is 10.4 Å². The number of aliphatic hydroxyl groups excluding tert-OH is 1. The maximum absolute atomic E-state index is 9.94. The van der Waals surface area contributed by atoms with E-state index in [1.165, 1.54) is 16.5 Å². The molecule has 0 radical (unpaired) electrons. The standard InChI is InChI=1S/C17H23N3O.2ClH/c1-12-7-8-16-14(11-12)13(2)19-20(16)10-4-5-15-17(21)6-3-9-18-15;;/h4-5,7-8,11,15,17-18,21H,3,6,9-10H2,1-2H3;2*1H/b5-4+;;/t15-,17+;;/m1../s1. The van der Waals surface area contributed by atoms with E-state index in [1.54, 1.807) is 0 Å². The first-order valence-corrected chi connectivity index (χ1v) is 7.67. The molecule has 0 amide bonds. The van der Waals surface area contributed by atoms with Crippen molar-refractivity contribution in [3.8, 4) is 0 Å². The van der Waals surface area contributed by atoms with E-state index in [0.717, 1.165) is 31.6 Å². The predicted octanol–water partition coefficient (Wildman–Crippen LogP) is 3.17. The van der Waals surface area contributed by atoms with Crippen molar-refractivity contribution < 1.29 is 5.11 Å². The van der Waals surface area contributed by atoms with Crippen molar-refractivity contribution in [1.82, 2.24) is 15.1 Å². The summed E-state index contributed by atoms with van der Waals surface area (Å²) in [7, 11) is 0. The van der Waals surface area contributed by atoms with Gasteiger partial charge in [0.1, 0.15) is 0 Å². The van der Waals surface area contributed by atoms with Crippen molar-refractivity contribution >= 4 is 35.7 Å². The van der Waals surface area contributed by atoms with Crippen molar-refractivity contribution in [3.05, 3.63) is 41.6 Å². The van der Waals surface area contributed by atoms with Gasteiger partial charge in [0.25, 0.3) is 0 Å². The fourth-order valence-corrected chi connectivity index (χ4v) is 2.99. The number of halogens is 2. The maximum atomic E-state index is 9.94. The number of hydrogen-bond donors (Lipinski definition) is 2. The Morgan fingerprint density at radius 2 is 2.13 bits per heavy atom.